The molecule has 0 saturated heterocycles. The van der Waals surface area contributed by atoms with E-state index in [1.807, 2.05) is 23.6 Å². The lowest BCUT2D eigenvalue weighted by molar-refractivity contribution is 0.399. The normalized spacial score (nSPS) is 10.8. The lowest BCUT2D eigenvalue weighted by atomic mass is 10.1. The van der Waals surface area contributed by atoms with Gasteiger partial charge in [-0.25, -0.2) is 4.98 Å². The minimum atomic E-state index is 0.627. The Labute approximate surface area is 104 Å². The van der Waals surface area contributed by atoms with Gasteiger partial charge in [0.2, 0.25) is 5.88 Å². The van der Waals surface area contributed by atoms with Gasteiger partial charge in [-0.3, -0.25) is 4.57 Å². The van der Waals surface area contributed by atoms with Crippen LogP contribution in [-0.4, -0.2) is 26.9 Å². The number of hydrogen-bond acceptors (Lipinski definition) is 4. The molecule has 0 atom stereocenters. The molecular formula is C13H12N4O. The van der Waals surface area contributed by atoms with Crippen molar-refractivity contribution in [1.82, 2.24) is 19.7 Å². The number of rotatable bonds is 2. The smallest absolute Gasteiger partial charge is 0.213 e. The molecule has 0 aliphatic rings. The van der Waals surface area contributed by atoms with E-state index in [9.17, 15) is 0 Å². The fraction of sp³-hybridized carbons (Fsp3) is 0.154. The van der Waals surface area contributed by atoms with Gasteiger partial charge in [-0.2, -0.15) is 0 Å². The summed E-state index contributed by atoms with van der Waals surface area (Å²) in [6.07, 6.45) is 3.36. The zero-order chi connectivity index (χ0) is 12.5. The first-order valence-corrected chi connectivity index (χ1v) is 5.58. The number of methoxy groups -OCH3 is 1. The third-order valence-corrected chi connectivity index (χ3v) is 2.87. The molecule has 2 heterocycles. The second-order valence-corrected chi connectivity index (χ2v) is 4.06. The molecule has 3 rings (SSSR count). The summed E-state index contributed by atoms with van der Waals surface area (Å²) in [4.78, 5) is 4.45. The van der Waals surface area contributed by atoms with Crippen molar-refractivity contribution in [2.24, 2.45) is 0 Å². The molecule has 3 aromatic rings. The van der Waals surface area contributed by atoms with E-state index in [4.69, 9.17) is 4.74 Å². The molecule has 0 radical (unpaired) electrons. The van der Waals surface area contributed by atoms with Crippen LogP contribution in [0.4, 0.5) is 0 Å². The van der Waals surface area contributed by atoms with Crippen molar-refractivity contribution in [3.8, 4) is 11.6 Å². The SMILES string of the molecule is COc1ccc2cc(-n3cnnc3)cc(C)c2n1. The maximum atomic E-state index is 5.14. The fourth-order valence-electron chi connectivity index (χ4n) is 1.97. The van der Waals surface area contributed by atoms with Crippen molar-refractivity contribution >= 4 is 10.9 Å². The lowest BCUT2D eigenvalue weighted by Crippen LogP contribution is -1.94. The maximum absolute atomic E-state index is 5.14. The van der Waals surface area contributed by atoms with Crippen molar-refractivity contribution in [3.63, 3.8) is 0 Å². The molecule has 0 bridgehead atoms. The van der Waals surface area contributed by atoms with Crippen molar-refractivity contribution in [3.05, 3.63) is 42.5 Å². The number of pyridine rings is 1. The maximum Gasteiger partial charge on any atom is 0.213 e. The predicted molar refractivity (Wildman–Crippen MR) is 67.9 cm³/mol. The quantitative estimate of drug-likeness (QED) is 0.688. The van der Waals surface area contributed by atoms with E-state index in [2.05, 4.69) is 27.3 Å². The van der Waals surface area contributed by atoms with Gasteiger partial charge < -0.3 is 4.74 Å². The molecule has 5 heteroatoms. The first-order valence-electron chi connectivity index (χ1n) is 5.58. The molecule has 1 aromatic carbocycles. The van der Waals surface area contributed by atoms with Crippen LogP contribution < -0.4 is 4.74 Å². The van der Waals surface area contributed by atoms with Crippen LogP contribution in [0.15, 0.2) is 36.9 Å². The molecule has 0 amide bonds. The molecule has 0 aliphatic carbocycles. The van der Waals surface area contributed by atoms with Crippen molar-refractivity contribution in [2.45, 2.75) is 6.92 Å². The van der Waals surface area contributed by atoms with Crippen molar-refractivity contribution in [1.29, 1.82) is 0 Å². The van der Waals surface area contributed by atoms with Crippen LogP contribution in [-0.2, 0) is 0 Å². The standard InChI is InChI=1S/C13H12N4O/c1-9-5-11(17-7-14-15-8-17)6-10-3-4-12(18-2)16-13(9)10/h3-8H,1-2H3. The van der Waals surface area contributed by atoms with Crippen molar-refractivity contribution in [2.75, 3.05) is 7.11 Å². The van der Waals surface area contributed by atoms with E-state index >= 15 is 0 Å². The van der Waals surface area contributed by atoms with Gasteiger partial charge >= 0.3 is 0 Å². The van der Waals surface area contributed by atoms with Crippen LogP contribution in [0.5, 0.6) is 5.88 Å². The average Bonchev–Trinajstić information content (AvgIpc) is 2.92. The van der Waals surface area contributed by atoms with Crippen LogP contribution in [0.2, 0.25) is 0 Å². The topological polar surface area (TPSA) is 52.8 Å². The fourth-order valence-corrected chi connectivity index (χ4v) is 1.97. The van der Waals surface area contributed by atoms with E-state index in [1.165, 1.54) is 0 Å². The number of benzene rings is 1. The Kier molecular flexibility index (Phi) is 2.44. The Morgan fingerprint density at radius 3 is 2.61 bits per heavy atom. The Bertz CT molecular complexity index is 692. The number of nitrogens with zero attached hydrogens (tertiary/aromatic N) is 4. The molecule has 0 unspecified atom stereocenters. The van der Waals surface area contributed by atoms with Gasteiger partial charge in [0.25, 0.3) is 0 Å². The van der Waals surface area contributed by atoms with E-state index in [0.29, 0.717) is 5.88 Å². The number of fused-ring (bicyclic) bond motifs is 1. The van der Waals surface area contributed by atoms with Crippen LogP contribution in [0, 0.1) is 6.92 Å². The highest BCUT2D eigenvalue weighted by atomic mass is 16.5. The highest BCUT2D eigenvalue weighted by Gasteiger charge is 2.05. The largest absolute Gasteiger partial charge is 0.481 e. The first-order chi connectivity index (χ1) is 8.78. The summed E-state index contributed by atoms with van der Waals surface area (Å²) in [6.45, 7) is 2.03. The van der Waals surface area contributed by atoms with Crippen LogP contribution in [0.1, 0.15) is 5.56 Å². The molecule has 0 saturated carbocycles. The molecule has 2 aromatic heterocycles. The summed E-state index contributed by atoms with van der Waals surface area (Å²) >= 11 is 0. The highest BCUT2D eigenvalue weighted by Crippen LogP contribution is 2.23. The van der Waals surface area contributed by atoms with Gasteiger partial charge in [-0.15, -0.1) is 10.2 Å². The monoisotopic (exact) mass is 240 g/mol. The Hall–Kier alpha value is -2.43. The Morgan fingerprint density at radius 2 is 1.89 bits per heavy atom. The van der Waals surface area contributed by atoms with Crippen LogP contribution in [0.25, 0.3) is 16.6 Å². The van der Waals surface area contributed by atoms with E-state index in [0.717, 1.165) is 22.2 Å². The second-order valence-electron chi connectivity index (χ2n) is 4.06. The third-order valence-electron chi connectivity index (χ3n) is 2.87. The number of ether oxygens (including phenoxy) is 1. The molecule has 90 valence electrons. The van der Waals surface area contributed by atoms with Gasteiger partial charge in [0.05, 0.1) is 12.6 Å². The summed E-state index contributed by atoms with van der Waals surface area (Å²) in [5, 5.41) is 8.69. The van der Waals surface area contributed by atoms with Crippen LogP contribution in [0.3, 0.4) is 0 Å². The predicted octanol–water partition coefficient (Wildman–Crippen LogP) is 2.13. The van der Waals surface area contributed by atoms with Gasteiger partial charge in [-0.05, 0) is 30.7 Å². The summed E-state index contributed by atoms with van der Waals surface area (Å²) in [5.74, 6) is 0.627. The van der Waals surface area contributed by atoms with E-state index < -0.39 is 0 Å². The summed E-state index contributed by atoms with van der Waals surface area (Å²) in [5.41, 5.74) is 3.07. The van der Waals surface area contributed by atoms with Gasteiger partial charge in [0, 0.05) is 17.1 Å². The van der Waals surface area contributed by atoms with Gasteiger partial charge in [0.15, 0.2) is 0 Å². The van der Waals surface area contributed by atoms with Gasteiger partial charge in [-0.1, -0.05) is 0 Å². The second kappa shape index (κ2) is 4.10. The molecule has 0 fully saturated rings. The molecule has 18 heavy (non-hydrogen) atoms. The number of aryl methyl sites for hydroxylation is 1. The summed E-state index contributed by atoms with van der Waals surface area (Å²) < 4.78 is 7.02. The van der Waals surface area contributed by atoms with Gasteiger partial charge in [0.1, 0.15) is 12.7 Å². The molecule has 0 aliphatic heterocycles. The Balaban J connectivity index is 2.22. The minimum Gasteiger partial charge on any atom is -0.481 e. The minimum absolute atomic E-state index is 0.627. The zero-order valence-electron chi connectivity index (χ0n) is 10.2. The third kappa shape index (κ3) is 1.69. The van der Waals surface area contributed by atoms with E-state index in [1.54, 1.807) is 19.8 Å². The molecule has 0 spiro atoms. The lowest BCUT2D eigenvalue weighted by Gasteiger charge is -2.08. The number of aromatic nitrogens is 4. The van der Waals surface area contributed by atoms with E-state index in [-0.39, 0.29) is 0 Å². The average molecular weight is 240 g/mol. The number of hydrogen-bond donors (Lipinski definition) is 0. The summed E-state index contributed by atoms with van der Waals surface area (Å²) in [6, 6.07) is 7.97. The first kappa shape index (κ1) is 10.7. The van der Waals surface area contributed by atoms with Crippen molar-refractivity contribution < 1.29 is 4.74 Å². The Morgan fingerprint density at radius 1 is 1.11 bits per heavy atom. The molecule has 5 nitrogen and oxygen atoms in total. The summed E-state index contributed by atoms with van der Waals surface area (Å²) in [7, 11) is 1.62. The highest BCUT2D eigenvalue weighted by molar-refractivity contribution is 5.84. The molecule has 0 N–H and O–H groups in total. The molecular weight excluding hydrogens is 228 g/mol. The van der Waals surface area contributed by atoms with Crippen LogP contribution >= 0.6 is 0 Å². The zero-order valence-corrected chi connectivity index (χ0v) is 10.2.